The number of alkyl halides is 7. The van der Waals surface area contributed by atoms with Crippen molar-refractivity contribution in [1.82, 2.24) is 0 Å². The number of ether oxygens (including phenoxy) is 1. The maximum Gasteiger partial charge on any atom is 0.459 e. The fraction of sp³-hybridized carbons (Fsp3) is 0.944. The minimum Gasteiger partial charge on any atom is -0.465 e. The van der Waals surface area contributed by atoms with E-state index >= 15 is 0 Å². The molecule has 28 heavy (non-hydrogen) atoms. The molecule has 0 aliphatic carbocycles. The Morgan fingerprint density at radius 1 is 0.893 bits per heavy atom. The molecule has 1 atom stereocenters. The summed E-state index contributed by atoms with van der Waals surface area (Å²) in [5, 5.41) is -0.486. The first-order chi connectivity index (χ1) is 12.9. The smallest absolute Gasteiger partial charge is 0.459 e. The molecule has 0 radical (unpaired) electrons. The minimum absolute atomic E-state index is 0.000706. The fourth-order valence-corrected chi connectivity index (χ4v) is 3.49. The largest absolute Gasteiger partial charge is 0.465 e. The van der Waals surface area contributed by atoms with Crippen molar-refractivity contribution < 1.29 is 40.3 Å². The van der Waals surface area contributed by atoms with E-state index in [0.717, 1.165) is 32.1 Å². The molecule has 0 amide bonds. The van der Waals surface area contributed by atoms with Crippen LogP contribution in [0, 0.1) is 0 Å². The zero-order valence-electron chi connectivity index (χ0n) is 16.2. The van der Waals surface area contributed by atoms with E-state index in [1.54, 1.807) is 0 Å². The molecule has 0 saturated carbocycles. The lowest BCUT2D eigenvalue weighted by Gasteiger charge is -2.28. The van der Waals surface area contributed by atoms with Crippen molar-refractivity contribution in [3.63, 3.8) is 0 Å². The quantitative estimate of drug-likeness (QED) is 0.155. The summed E-state index contributed by atoms with van der Waals surface area (Å²) in [6, 6.07) is 0. The number of carbonyl (C=O) groups excluding carboxylic acids is 1. The first-order valence-corrected chi connectivity index (χ1v) is 10.6. The van der Waals surface area contributed by atoms with Gasteiger partial charge in [0.15, 0.2) is 0 Å². The maximum atomic E-state index is 13.2. The molecule has 0 N–H and O–H groups in total. The van der Waals surface area contributed by atoms with E-state index in [1.165, 1.54) is 11.8 Å². The monoisotopic (exact) mass is 442 g/mol. The van der Waals surface area contributed by atoms with Crippen molar-refractivity contribution in [3.05, 3.63) is 0 Å². The lowest BCUT2D eigenvalue weighted by atomic mass is 10.0. The van der Waals surface area contributed by atoms with E-state index in [-0.39, 0.29) is 12.2 Å². The number of halogens is 7. The Morgan fingerprint density at radius 3 is 2.04 bits per heavy atom. The summed E-state index contributed by atoms with van der Waals surface area (Å²) in [7, 11) is 0. The molecule has 0 heterocycles. The van der Waals surface area contributed by atoms with Gasteiger partial charge in [-0.25, -0.2) is 0 Å². The van der Waals surface area contributed by atoms with Crippen LogP contribution in [0.1, 0.15) is 71.6 Å². The topological polar surface area (TPSA) is 26.3 Å². The van der Waals surface area contributed by atoms with Gasteiger partial charge in [-0.1, -0.05) is 39.5 Å². The molecule has 0 aromatic rings. The zero-order chi connectivity index (χ0) is 21.8. The Balaban J connectivity index is 4.46. The molecule has 0 aromatic heterocycles. The van der Waals surface area contributed by atoms with Crippen molar-refractivity contribution in [2.75, 3.05) is 12.4 Å². The summed E-state index contributed by atoms with van der Waals surface area (Å²) in [5.41, 5.74) is 0. The number of unbranched alkanes of at least 4 members (excludes halogenated alkanes) is 4. The van der Waals surface area contributed by atoms with Gasteiger partial charge in [-0.3, -0.25) is 4.79 Å². The van der Waals surface area contributed by atoms with Crippen LogP contribution in [0.3, 0.4) is 0 Å². The van der Waals surface area contributed by atoms with Crippen LogP contribution in [0.2, 0.25) is 0 Å². The summed E-state index contributed by atoms with van der Waals surface area (Å²) in [6.45, 7) is 4.23. The Kier molecular flexibility index (Phi) is 12.5. The Hall–Kier alpha value is -0.670. The predicted octanol–water partition coefficient (Wildman–Crippen LogP) is 7.02. The summed E-state index contributed by atoms with van der Waals surface area (Å²) in [6.07, 6.45) is -3.59. The van der Waals surface area contributed by atoms with E-state index in [9.17, 15) is 35.5 Å². The molecule has 0 aliphatic rings. The van der Waals surface area contributed by atoms with Crippen LogP contribution in [0.15, 0.2) is 0 Å². The minimum atomic E-state index is -6.29. The first-order valence-electron chi connectivity index (χ1n) is 9.51. The van der Waals surface area contributed by atoms with Gasteiger partial charge in [-0.05, 0) is 31.4 Å². The lowest BCUT2D eigenvalue weighted by Crippen LogP contribution is -2.51. The molecule has 1 unspecified atom stereocenters. The van der Waals surface area contributed by atoms with Gasteiger partial charge in [-0.2, -0.15) is 30.7 Å². The second kappa shape index (κ2) is 12.8. The Labute approximate surface area is 166 Å². The van der Waals surface area contributed by atoms with Crippen LogP contribution < -0.4 is 0 Å². The second-order valence-electron chi connectivity index (χ2n) is 6.61. The highest BCUT2D eigenvalue weighted by Crippen LogP contribution is 2.48. The van der Waals surface area contributed by atoms with Crippen molar-refractivity contribution in [2.24, 2.45) is 0 Å². The van der Waals surface area contributed by atoms with Gasteiger partial charge in [0.25, 0.3) is 0 Å². The molecule has 10 heteroatoms. The molecule has 0 fully saturated rings. The van der Waals surface area contributed by atoms with Crippen molar-refractivity contribution >= 4 is 17.7 Å². The van der Waals surface area contributed by atoms with Gasteiger partial charge in [0.2, 0.25) is 0 Å². The highest BCUT2D eigenvalue weighted by molar-refractivity contribution is 8.00. The molecular formula is C18H29F7O2S. The normalized spacial score (nSPS) is 14.2. The highest BCUT2D eigenvalue weighted by Gasteiger charge is 2.72. The van der Waals surface area contributed by atoms with Crippen molar-refractivity contribution in [1.29, 1.82) is 0 Å². The molecule has 2 nitrogen and oxygen atoms in total. The van der Waals surface area contributed by atoms with Crippen LogP contribution in [0.25, 0.3) is 0 Å². The van der Waals surface area contributed by atoms with Gasteiger partial charge in [0.1, 0.15) is 5.25 Å². The van der Waals surface area contributed by atoms with Gasteiger partial charge < -0.3 is 4.74 Å². The second-order valence-corrected chi connectivity index (χ2v) is 7.92. The van der Waals surface area contributed by atoms with E-state index < -0.39 is 42.1 Å². The molecule has 0 rings (SSSR count). The SMILES string of the molecule is CCCCCC(SCCCCC(F)(F)C(F)(F)C(F)(F)F)C(=O)OCCCC. The summed E-state index contributed by atoms with van der Waals surface area (Å²) >= 11 is 1.17. The lowest BCUT2D eigenvalue weighted by molar-refractivity contribution is -0.355. The van der Waals surface area contributed by atoms with Crippen LogP contribution in [0.5, 0.6) is 0 Å². The maximum absolute atomic E-state index is 13.2. The standard InChI is InChI=1S/C18H29F7O2S/c1-3-5-7-10-14(15(26)27-12-6-4-2)28-13-9-8-11-16(19,20)17(21,22)18(23,24)25/h14H,3-13H2,1-2H3. The van der Waals surface area contributed by atoms with Crippen LogP contribution in [-0.4, -0.2) is 41.6 Å². The van der Waals surface area contributed by atoms with Crippen molar-refractivity contribution in [2.45, 2.75) is 94.9 Å². The number of hydrogen-bond donors (Lipinski definition) is 0. The molecule has 168 valence electrons. The number of carbonyl (C=O) groups is 1. The number of rotatable bonds is 15. The summed E-state index contributed by atoms with van der Waals surface area (Å²) in [4.78, 5) is 12.1. The fourth-order valence-electron chi connectivity index (χ4n) is 2.30. The number of thioether (sulfide) groups is 1. The van der Waals surface area contributed by atoms with Gasteiger partial charge >= 0.3 is 24.0 Å². The third-order valence-electron chi connectivity index (χ3n) is 4.09. The van der Waals surface area contributed by atoms with Gasteiger partial charge in [0.05, 0.1) is 6.61 Å². The Bertz CT molecular complexity index is 442. The van der Waals surface area contributed by atoms with Crippen LogP contribution >= 0.6 is 11.8 Å². The van der Waals surface area contributed by atoms with E-state index in [4.69, 9.17) is 4.74 Å². The molecule has 0 bridgehead atoms. The summed E-state index contributed by atoms with van der Waals surface area (Å²) < 4.78 is 93.6. The molecule has 0 saturated heterocycles. The highest BCUT2D eigenvalue weighted by atomic mass is 32.2. The van der Waals surface area contributed by atoms with Crippen LogP contribution in [-0.2, 0) is 9.53 Å². The third kappa shape index (κ3) is 9.22. The average Bonchev–Trinajstić information content (AvgIpc) is 2.58. The molecule has 0 aliphatic heterocycles. The molecule has 0 aromatic carbocycles. The Morgan fingerprint density at radius 2 is 1.50 bits per heavy atom. The van der Waals surface area contributed by atoms with Gasteiger partial charge in [0, 0.05) is 6.42 Å². The third-order valence-corrected chi connectivity index (χ3v) is 5.45. The predicted molar refractivity (Wildman–Crippen MR) is 96.1 cm³/mol. The summed E-state index contributed by atoms with van der Waals surface area (Å²) in [5.74, 6) is -11.4. The van der Waals surface area contributed by atoms with Crippen LogP contribution in [0.4, 0.5) is 30.7 Å². The van der Waals surface area contributed by atoms with E-state index in [1.807, 2.05) is 13.8 Å². The molecular weight excluding hydrogens is 413 g/mol. The van der Waals surface area contributed by atoms with E-state index in [2.05, 4.69) is 0 Å². The molecule has 0 spiro atoms. The number of esters is 1. The van der Waals surface area contributed by atoms with Crippen molar-refractivity contribution in [3.8, 4) is 0 Å². The van der Waals surface area contributed by atoms with E-state index in [0.29, 0.717) is 13.0 Å². The first kappa shape index (κ1) is 27.3. The van der Waals surface area contributed by atoms with Gasteiger partial charge in [-0.15, -0.1) is 11.8 Å². The zero-order valence-corrected chi connectivity index (χ0v) is 17.0. The average molecular weight is 442 g/mol. The number of hydrogen-bond acceptors (Lipinski definition) is 3.